The minimum absolute atomic E-state index is 0.113. The number of aryl methyl sites for hydroxylation is 1. The van der Waals surface area contributed by atoms with E-state index < -0.39 is 0 Å². The number of Topliss-reactive ketones (excluding diaryl/α,β-unsaturated/α-hetero) is 1. The molecule has 2 nitrogen and oxygen atoms in total. The first-order chi connectivity index (χ1) is 8.70. The van der Waals surface area contributed by atoms with Crippen molar-refractivity contribution in [2.24, 2.45) is 0 Å². The molecule has 0 aliphatic rings. The molecule has 0 fully saturated rings. The first-order valence-corrected chi connectivity index (χ1v) is 5.87. The number of hydrogen-bond donors (Lipinski definition) is 0. The van der Waals surface area contributed by atoms with E-state index in [-0.39, 0.29) is 5.78 Å². The third-order valence-corrected chi connectivity index (χ3v) is 2.90. The lowest BCUT2D eigenvalue weighted by atomic mass is 10.0. The molecule has 2 aromatic rings. The summed E-state index contributed by atoms with van der Waals surface area (Å²) in [6.07, 6.45) is 3.88. The standard InChI is InChI=1S/C16H15NO/c1-3-13-9-15(12(2)17-11-13)10-16(18)14-7-5-4-6-8-14/h3-9,11H,1,10H2,2H3. The zero-order valence-electron chi connectivity index (χ0n) is 10.4. The molecule has 0 N–H and O–H groups in total. The molecule has 0 unspecified atom stereocenters. The first-order valence-electron chi connectivity index (χ1n) is 5.87. The lowest BCUT2D eigenvalue weighted by molar-refractivity contribution is 0.0992. The molecule has 0 amide bonds. The maximum absolute atomic E-state index is 12.1. The Labute approximate surface area is 107 Å². The molecule has 18 heavy (non-hydrogen) atoms. The predicted molar refractivity (Wildman–Crippen MR) is 73.5 cm³/mol. The Morgan fingerprint density at radius 1 is 1.33 bits per heavy atom. The second-order valence-corrected chi connectivity index (χ2v) is 4.18. The molecule has 0 aliphatic carbocycles. The van der Waals surface area contributed by atoms with E-state index in [1.165, 1.54) is 0 Å². The van der Waals surface area contributed by atoms with Crippen LogP contribution in [0.25, 0.3) is 6.08 Å². The van der Waals surface area contributed by atoms with E-state index in [4.69, 9.17) is 0 Å². The Morgan fingerprint density at radius 2 is 2.06 bits per heavy atom. The summed E-state index contributed by atoms with van der Waals surface area (Å²) in [7, 11) is 0. The van der Waals surface area contributed by atoms with Gasteiger partial charge in [-0.2, -0.15) is 0 Å². The number of benzene rings is 1. The zero-order chi connectivity index (χ0) is 13.0. The molecule has 0 aliphatic heterocycles. The zero-order valence-corrected chi connectivity index (χ0v) is 10.4. The number of ketones is 1. The fourth-order valence-corrected chi connectivity index (χ4v) is 1.79. The number of hydrogen-bond acceptors (Lipinski definition) is 2. The molecule has 1 aromatic carbocycles. The average Bonchev–Trinajstić information content (AvgIpc) is 2.42. The van der Waals surface area contributed by atoms with Crippen LogP contribution in [-0.4, -0.2) is 10.8 Å². The van der Waals surface area contributed by atoms with Crippen LogP contribution in [0.15, 0.2) is 49.2 Å². The topological polar surface area (TPSA) is 30.0 Å². The van der Waals surface area contributed by atoms with E-state index in [9.17, 15) is 4.79 Å². The molecule has 90 valence electrons. The molecular weight excluding hydrogens is 222 g/mol. The minimum Gasteiger partial charge on any atom is -0.294 e. The van der Waals surface area contributed by atoms with Crippen molar-refractivity contribution in [3.05, 3.63) is 71.6 Å². The Hall–Kier alpha value is -2.22. The van der Waals surface area contributed by atoms with Crippen LogP contribution in [-0.2, 0) is 6.42 Å². The largest absolute Gasteiger partial charge is 0.294 e. The number of carbonyl (C=O) groups is 1. The highest BCUT2D eigenvalue weighted by atomic mass is 16.1. The fourth-order valence-electron chi connectivity index (χ4n) is 1.79. The molecule has 2 rings (SSSR count). The van der Waals surface area contributed by atoms with Crippen LogP contribution < -0.4 is 0 Å². The molecule has 0 bridgehead atoms. The summed E-state index contributed by atoms with van der Waals surface area (Å²) in [5, 5.41) is 0. The molecule has 0 spiro atoms. The van der Waals surface area contributed by atoms with Gasteiger partial charge in [-0.25, -0.2) is 0 Å². The number of aromatic nitrogens is 1. The first kappa shape index (κ1) is 12.2. The maximum Gasteiger partial charge on any atom is 0.167 e. The second-order valence-electron chi connectivity index (χ2n) is 4.18. The molecular formula is C16H15NO. The van der Waals surface area contributed by atoms with Crippen LogP contribution in [0.4, 0.5) is 0 Å². The van der Waals surface area contributed by atoms with Gasteiger partial charge in [-0.15, -0.1) is 0 Å². The van der Waals surface area contributed by atoms with Gasteiger partial charge in [0, 0.05) is 23.9 Å². The van der Waals surface area contributed by atoms with Crippen LogP contribution in [0.2, 0.25) is 0 Å². The van der Waals surface area contributed by atoms with Crippen LogP contribution >= 0.6 is 0 Å². The molecule has 0 atom stereocenters. The quantitative estimate of drug-likeness (QED) is 0.762. The molecule has 0 saturated carbocycles. The molecule has 1 aromatic heterocycles. The van der Waals surface area contributed by atoms with Gasteiger partial charge in [-0.3, -0.25) is 9.78 Å². The molecule has 0 saturated heterocycles. The number of nitrogens with zero attached hydrogens (tertiary/aromatic N) is 1. The van der Waals surface area contributed by atoms with Crippen molar-refractivity contribution in [3.63, 3.8) is 0 Å². The maximum atomic E-state index is 12.1. The van der Waals surface area contributed by atoms with E-state index >= 15 is 0 Å². The van der Waals surface area contributed by atoms with Crippen molar-refractivity contribution < 1.29 is 4.79 Å². The van der Waals surface area contributed by atoms with Gasteiger partial charge in [0.25, 0.3) is 0 Å². The Bertz CT molecular complexity index is 573. The third-order valence-electron chi connectivity index (χ3n) is 2.90. The number of rotatable bonds is 4. The van der Waals surface area contributed by atoms with E-state index in [0.717, 1.165) is 22.4 Å². The predicted octanol–water partition coefficient (Wildman–Crippen LogP) is 3.46. The summed E-state index contributed by atoms with van der Waals surface area (Å²) in [4.78, 5) is 16.4. The highest BCUT2D eigenvalue weighted by Crippen LogP contribution is 2.13. The Morgan fingerprint density at radius 3 is 2.72 bits per heavy atom. The van der Waals surface area contributed by atoms with Gasteiger partial charge in [0.1, 0.15) is 0 Å². The SMILES string of the molecule is C=Cc1cnc(C)c(CC(=O)c2ccccc2)c1. The normalized spacial score (nSPS) is 10.1. The van der Waals surface area contributed by atoms with Crippen molar-refractivity contribution in [3.8, 4) is 0 Å². The van der Waals surface area contributed by atoms with E-state index in [0.29, 0.717) is 6.42 Å². The third kappa shape index (κ3) is 2.72. The smallest absolute Gasteiger partial charge is 0.167 e. The van der Waals surface area contributed by atoms with Crippen molar-refractivity contribution in [1.29, 1.82) is 0 Å². The summed E-state index contributed by atoms with van der Waals surface area (Å²) >= 11 is 0. The molecule has 2 heteroatoms. The van der Waals surface area contributed by atoms with Gasteiger partial charge in [-0.05, 0) is 24.1 Å². The van der Waals surface area contributed by atoms with Gasteiger partial charge < -0.3 is 0 Å². The molecule has 1 heterocycles. The van der Waals surface area contributed by atoms with Gasteiger partial charge in [-0.1, -0.05) is 43.0 Å². The monoisotopic (exact) mass is 237 g/mol. The highest BCUT2D eigenvalue weighted by Gasteiger charge is 2.09. The summed E-state index contributed by atoms with van der Waals surface area (Å²) in [5.74, 6) is 0.113. The lowest BCUT2D eigenvalue weighted by Crippen LogP contribution is -2.05. The van der Waals surface area contributed by atoms with Crippen LogP contribution in [0.5, 0.6) is 0 Å². The fraction of sp³-hybridized carbons (Fsp3) is 0.125. The number of pyridine rings is 1. The van der Waals surface area contributed by atoms with Gasteiger partial charge >= 0.3 is 0 Å². The summed E-state index contributed by atoms with van der Waals surface area (Å²) in [6.45, 7) is 5.63. The summed E-state index contributed by atoms with van der Waals surface area (Å²) in [6, 6.07) is 11.3. The minimum atomic E-state index is 0.113. The lowest BCUT2D eigenvalue weighted by Gasteiger charge is -2.06. The van der Waals surface area contributed by atoms with E-state index in [1.54, 1.807) is 12.3 Å². The van der Waals surface area contributed by atoms with Crippen molar-refractivity contribution in [1.82, 2.24) is 4.98 Å². The van der Waals surface area contributed by atoms with Gasteiger partial charge in [0.05, 0.1) is 0 Å². The van der Waals surface area contributed by atoms with Gasteiger partial charge in [0.15, 0.2) is 5.78 Å². The van der Waals surface area contributed by atoms with Crippen molar-refractivity contribution in [2.45, 2.75) is 13.3 Å². The van der Waals surface area contributed by atoms with Crippen molar-refractivity contribution >= 4 is 11.9 Å². The van der Waals surface area contributed by atoms with Crippen molar-refractivity contribution in [2.75, 3.05) is 0 Å². The van der Waals surface area contributed by atoms with Crippen LogP contribution in [0, 0.1) is 6.92 Å². The number of carbonyl (C=O) groups excluding carboxylic acids is 1. The van der Waals surface area contributed by atoms with E-state index in [2.05, 4.69) is 11.6 Å². The summed E-state index contributed by atoms with van der Waals surface area (Å²) in [5.41, 5.74) is 3.53. The Kier molecular flexibility index (Phi) is 3.68. The Balaban J connectivity index is 2.24. The highest BCUT2D eigenvalue weighted by molar-refractivity contribution is 5.97. The summed E-state index contributed by atoms with van der Waals surface area (Å²) < 4.78 is 0. The van der Waals surface area contributed by atoms with Crippen LogP contribution in [0.1, 0.15) is 27.2 Å². The van der Waals surface area contributed by atoms with E-state index in [1.807, 2.05) is 43.3 Å². The van der Waals surface area contributed by atoms with Crippen LogP contribution in [0.3, 0.4) is 0 Å². The second kappa shape index (κ2) is 5.41. The average molecular weight is 237 g/mol. The van der Waals surface area contributed by atoms with Gasteiger partial charge in [0.2, 0.25) is 0 Å². The molecule has 0 radical (unpaired) electrons.